The highest BCUT2D eigenvalue weighted by Crippen LogP contribution is 2.29. The minimum Gasteiger partial charge on any atom is -0.507 e. The molecule has 0 spiro atoms. The van der Waals surface area contributed by atoms with Gasteiger partial charge in [0, 0.05) is 18.1 Å². The number of aromatic hydroxyl groups is 1. The van der Waals surface area contributed by atoms with Gasteiger partial charge in [0.25, 0.3) is 0 Å². The lowest BCUT2D eigenvalue weighted by Gasteiger charge is -2.01. The molecule has 1 aromatic heterocycles. The van der Waals surface area contributed by atoms with Gasteiger partial charge in [-0.3, -0.25) is 0 Å². The predicted octanol–water partition coefficient (Wildman–Crippen LogP) is 2.13. The van der Waals surface area contributed by atoms with Crippen LogP contribution in [0.5, 0.6) is 5.75 Å². The van der Waals surface area contributed by atoms with Gasteiger partial charge in [0.2, 0.25) is 0 Å². The molecule has 2 aromatic rings. The molecule has 3 nitrogen and oxygen atoms in total. The molecule has 0 fully saturated rings. The van der Waals surface area contributed by atoms with E-state index >= 15 is 0 Å². The Morgan fingerprint density at radius 3 is 2.88 bits per heavy atom. The Bertz CT molecular complexity index is 488. The second-order valence-electron chi connectivity index (χ2n) is 3.97. The summed E-state index contributed by atoms with van der Waals surface area (Å²) in [4.78, 5) is 0. The van der Waals surface area contributed by atoms with E-state index in [9.17, 15) is 5.11 Å². The molecule has 86 valence electrons. The lowest BCUT2D eigenvalue weighted by Crippen LogP contribution is -2.10. The zero-order valence-electron chi connectivity index (χ0n) is 9.83. The summed E-state index contributed by atoms with van der Waals surface area (Å²) in [5.41, 5.74) is 2.33. The first-order valence-electron chi connectivity index (χ1n) is 5.72. The van der Waals surface area contributed by atoms with Crippen molar-refractivity contribution < 1.29 is 5.11 Å². The summed E-state index contributed by atoms with van der Waals surface area (Å²) in [6.45, 7) is 3.97. The van der Waals surface area contributed by atoms with Crippen LogP contribution in [0.4, 0.5) is 0 Å². The number of nitrogens with one attached hydrogen (secondary N) is 1. The van der Waals surface area contributed by atoms with Crippen LogP contribution in [0.15, 0.2) is 24.4 Å². The number of rotatable bonds is 4. The molecule has 0 bridgehead atoms. The topological polar surface area (TPSA) is 37.2 Å². The standard InChI is InChI=1S/C13H18N2O/c1-3-15-9-10(7-8-14-2)13-11(15)5-4-6-12(13)16/h4-6,9,14,16H,3,7-8H2,1-2H3. The summed E-state index contributed by atoms with van der Waals surface area (Å²) >= 11 is 0. The number of nitrogens with zero attached hydrogens (tertiary/aromatic N) is 1. The number of aryl methyl sites for hydroxylation is 1. The van der Waals surface area contributed by atoms with Gasteiger partial charge in [-0.25, -0.2) is 0 Å². The fraction of sp³-hybridized carbons (Fsp3) is 0.385. The van der Waals surface area contributed by atoms with Crippen LogP contribution in [0.1, 0.15) is 12.5 Å². The molecule has 0 saturated carbocycles. The number of hydrogen-bond donors (Lipinski definition) is 2. The predicted molar refractivity (Wildman–Crippen MR) is 66.9 cm³/mol. The fourth-order valence-corrected chi connectivity index (χ4v) is 2.13. The number of phenols is 1. The maximum atomic E-state index is 9.93. The van der Waals surface area contributed by atoms with Crippen molar-refractivity contribution in [2.45, 2.75) is 19.9 Å². The van der Waals surface area contributed by atoms with E-state index in [4.69, 9.17) is 0 Å². The minimum absolute atomic E-state index is 0.385. The average molecular weight is 218 g/mol. The number of aromatic nitrogens is 1. The van der Waals surface area contributed by atoms with Crippen molar-refractivity contribution in [1.29, 1.82) is 0 Å². The molecule has 0 unspecified atom stereocenters. The third-order valence-electron chi connectivity index (χ3n) is 2.95. The van der Waals surface area contributed by atoms with Crippen molar-refractivity contribution in [2.24, 2.45) is 0 Å². The van der Waals surface area contributed by atoms with Crippen molar-refractivity contribution in [1.82, 2.24) is 9.88 Å². The summed E-state index contributed by atoms with van der Waals surface area (Å²) < 4.78 is 2.18. The van der Waals surface area contributed by atoms with Crippen LogP contribution in [0.3, 0.4) is 0 Å². The smallest absolute Gasteiger partial charge is 0.125 e. The zero-order chi connectivity index (χ0) is 11.5. The van der Waals surface area contributed by atoms with Gasteiger partial charge in [-0.1, -0.05) is 6.07 Å². The Morgan fingerprint density at radius 2 is 2.19 bits per heavy atom. The normalized spacial score (nSPS) is 11.1. The van der Waals surface area contributed by atoms with Crippen molar-refractivity contribution >= 4 is 10.9 Å². The molecule has 1 aromatic carbocycles. The molecule has 0 aliphatic heterocycles. The van der Waals surface area contributed by atoms with Crippen molar-refractivity contribution in [3.8, 4) is 5.75 Å². The first-order chi connectivity index (χ1) is 7.77. The summed E-state index contributed by atoms with van der Waals surface area (Å²) in [6.07, 6.45) is 3.08. The number of likely N-dealkylation sites (N-methyl/N-ethyl adjacent to an activating group) is 1. The highest BCUT2D eigenvalue weighted by Gasteiger charge is 2.10. The average Bonchev–Trinajstić information content (AvgIpc) is 2.66. The molecular formula is C13H18N2O. The molecule has 2 rings (SSSR count). The van der Waals surface area contributed by atoms with Gasteiger partial charge in [0.15, 0.2) is 0 Å². The Kier molecular flexibility index (Phi) is 3.15. The maximum Gasteiger partial charge on any atom is 0.125 e. The van der Waals surface area contributed by atoms with Crippen molar-refractivity contribution in [3.63, 3.8) is 0 Å². The van der Waals surface area contributed by atoms with Gasteiger partial charge in [-0.2, -0.15) is 0 Å². The highest BCUT2D eigenvalue weighted by atomic mass is 16.3. The molecule has 0 atom stereocenters. The van der Waals surface area contributed by atoms with E-state index < -0.39 is 0 Å². The third-order valence-corrected chi connectivity index (χ3v) is 2.95. The molecule has 3 heteroatoms. The molecular weight excluding hydrogens is 200 g/mol. The second-order valence-corrected chi connectivity index (χ2v) is 3.97. The molecule has 1 heterocycles. The van der Waals surface area contributed by atoms with Gasteiger partial charge < -0.3 is 15.0 Å². The summed E-state index contributed by atoms with van der Waals surface area (Å²) in [5, 5.41) is 14.1. The SMILES string of the molecule is CCn1cc(CCNC)c2c(O)cccc21. The van der Waals surface area contributed by atoms with E-state index in [-0.39, 0.29) is 0 Å². The quantitative estimate of drug-likeness (QED) is 0.825. The van der Waals surface area contributed by atoms with Crippen LogP contribution < -0.4 is 5.32 Å². The molecule has 0 aliphatic carbocycles. The molecule has 2 N–H and O–H groups in total. The van der Waals surface area contributed by atoms with E-state index in [0.29, 0.717) is 5.75 Å². The first kappa shape index (κ1) is 11.0. The number of benzene rings is 1. The second kappa shape index (κ2) is 4.58. The molecule has 16 heavy (non-hydrogen) atoms. The fourth-order valence-electron chi connectivity index (χ4n) is 2.13. The van der Waals surface area contributed by atoms with Crippen LogP contribution in [-0.4, -0.2) is 23.3 Å². The van der Waals surface area contributed by atoms with E-state index in [1.54, 1.807) is 6.07 Å². The lowest BCUT2D eigenvalue weighted by molar-refractivity contribution is 0.481. The Morgan fingerprint density at radius 1 is 1.38 bits per heavy atom. The van der Waals surface area contributed by atoms with Crippen LogP contribution in [0.25, 0.3) is 10.9 Å². The lowest BCUT2D eigenvalue weighted by atomic mass is 10.1. The van der Waals surface area contributed by atoms with E-state index in [1.807, 2.05) is 13.1 Å². The molecule has 0 radical (unpaired) electrons. The Labute approximate surface area is 95.7 Å². The van der Waals surface area contributed by atoms with E-state index in [1.165, 1.54) is 5.56 Å². The molecule has 0 aliphatic rings. The Balaban J connectivity index is 2.55. The van der Waals surface area contributed by atoms with Crippen LogP contribution in [0, 0.1) is 0 Å². The van der Waals surface area contributed by atoms with Gasteiger partial charge >= 0.3 is 0 Å². The molecule has 0 saturated heterocycles. The third kappa shape index (κ3) is 1.78. The number of hydrogen-bond acceptors (Lipinski definition) is 2. The van der Waals surface area contributed by atoms with Gasteiger partial charge in [0.05, 0.1) is 5.52 Å². The van der Waals surface area contributed by atoms with Crippen LogP contribution >= 0.6 is 0 Å². The van der Waals surface area contributed by atoms with E-state index in [2.05, 4.69) is 29.1 Å². The van der Waals surface area contributed by atoms with Crippen LogP contribution in [0.2, 0.25) is 0 Å². The van der Waals surface area contributed by atoms with Crippen molar-refractivity contribution in [2.75, 3.05) is 13.6 Å². The number of phenolic OH excluding ortho intramolecular Hbond substituents is 1. The largest absolute Gasteiger partial charge is 0.507 e. The minimum atomic E-state index is 0.385. The van der Waals surface area contributed by atoms with Gasteiger partial charge in [0.1, 0.15) is 5.75 Å². The van der Waals surface area contributed by atoms with E-state index in [0.717, 1.165) is 30.4 Å². The van der Waals surface area contributed by atoms with Crippen molar-refractivity contribution in [3.05, 3.63) is 30.0 Å². The van der Waals surface area contributed by atoms with Gasteiger partial charge in [-0.05, 0) is 44.6 Å². The summed E-state index contributed by atoms with van der Waals surface area (Å²) in [5.74, 6) is 0.385. The zero-order valence-corrected chi connectivity index (χ0v) is 9.83. The number of fused-ring (bicyclic) bond motifs is 1. The first-order valence-corrected chi connectivity index (χ1v) is 5.72. The Hall–Kier alpha value is -1.48. The highest BCUT2D eigenvalue weighted by molar-refractivity contribution is 5.89. The van der Waals surface area contributed by atoms with Crippen LogP contribution in [-0.2, 0) is 13.0 Å². The summed E-state index contributed by atoms with van der Waals surface area (Å²) in [6, 6.07) is 5.71. The summed E-state index contributed by atoms with van der Waals surface area (Å²) in [7, 11) is 1.94. The molecule has 0 amide bonds. The van der Waals surface area contributed by atoms with Gasteiger partial charge in [-0.15, -0.1) is 0 Å². The monoisotopic (exact) mass is 218 g/mol. The maximum absolute atomic E-state index is 9.93.